The van der Waals surface area contributed by atoms with E-state index in [9.17, 15) is 23.6 Å². The molecule has 0 bridgehead atoms. The third kappa shape index (κ3) is 7.55. The zero-order valence-electron chi connectivity index (χ0n) is 22.7. The lowest BCUT2D eigenvalue weighted by Crippen LogP contribution is -2.47. The van der Waals surface area contributed by atoms with Crippen molar-refractivity contribution in [3.63, 3.8) is 0 Å². The molecule has 0 spiro atoms. The highest BCUT2D eigenvalue weighted by molar-refractivity contribution is 6.33. The van der Waals surface area contributed by atoms with Crippen LogP contribution in [-0.4, -0.2) is 55.0 Å². The fraction of sp³-hybridized carbons (Fsp3) is 0.379. The number of likely N-dealkylation sites (tertiary alicyclic amines) is 1. The summed E-state index contributed by atoms with van der Waals surface area (Å²) >= 11 is 6.22. The van der Waals surface area contributed by atoms with Gasteiger partial charge in [-0.3, -0.25) is 9.59 Å². The number of piperidine rings is 1. The van der Waals surface area contributed by atoms with Crippen molar-refractivity contribution in [1.29, 1.82) is 0 Å². The third-order valence-corrected chi connectivity index (χ3v) is 6.69. The van der Waals surface area contributed by atoms with Crippen LogP contribution in [0.4, 0.5) is 9.18 Å². The number of amides is 1. The Morgan fingerprint density at radius 1 is 1.07 bits per heavy atom. The van der Waals surface area contributed by atoms with Crippen LogP contribution >= 0.6 is 11.6 Å². The molecule has 10 nitrogen and oxygen atoms in total. The molecule has 218 valence electrons. The number of fused-ring (bicyclic) bond motifs is 1. The van der Waals surface area contributed by atoms with E-state index in [2.05, 4.69) is 0 Å². The molecule has 0 N–H and O–H groups in total. The van der Waals surface area contributed by atoms with Gasteiger partial charge >= 0.3 is 17.8 Å². The van der Waals surface area contributed by atoms with Gasteiger partial charge < -0.3 is 28.3 Å². The van der Waals surface area contributed by atoms with E-state index in [4.69, 9.17) is 35.0 Å². The lowest BCUT2D eigenvalue weighted by molar-refractivity contribution is -0.161. The van der Waals surface area contributed by atoms with Crippen molar-refractivity contribution in [3.05, 3.63) is 63.7 Å². The Hall–Kier alpha value is -4.12. The fourth-order valence-corrected chi connectivity index (χ4v) is 4.78. The highest BCUT2D eigenvalue weighted by atomic mass is 35.5. The zero-order chi connectivity index (χ0) is 29.7. The molecule has 2 atom stereocenters. The minimum atomic E-state index is -0.942. The molecular formula is C29H29ClFNO9. The van der Waals surface area contributed by atoms with E-state index >= 15 is 0 Å². The average Bonchev–Trinajstić information content (AvgIpc) is 2.91. The summed E-state index contributed by atoms with van der Waals surface area (Å²) in [6.07, 6.45) is -1.14. The Kier molecular flexibility index (Phi) is 9.49. The van der Waals surface area contributed by atoms with Crippen molar-refractivity contribution in [1.82, 2.24) is 4.90 Å². The normalized spacial score (nSPS) is 15.9. The summed E-state index contributed by atoms with van der Waals surface area (Å²) in [4.78, 5) is 50.8. The summed E-state index contributed by atoms with van der Waals surface area (Å²) in [6.45, 7) is 4.87. The van der Waals surface area contributed by atoms with Gasteiger partial charge in [-0.1, -0.05) is 11.6 Å². The van der Waals surface area contributed by atoms with Crippen molar-refractivity contribution in [2.75, 3.05) is 19.9 Å². The highest BCUT2D eigenvalue weighted by Crippen LogP contribution is 2.34. The molecule has 12 heteroatoms. The maximum atomic E-state index is 13.5. The van der Waals surface area contributed by atoms with Crippen LogP contribution in [-0.2, 0) is 23.8 Å². The molecule has 1 saturated heterocycles. The number of carbonyl (C=O) groups excluding carboxylic acids is 3. The summed E-state index contributed by atoms with van der Waals surface area (Å²) in [6, 6.07) is 9.92. The molecule has 0 aliphatic carbocycles. The quantitative estimate of drug-likeness (QED) is 0.195. The Morgan fingerprint density at radius 3 is 2.59 bits per heavy atom. The number of rotatable bonds is 8. The number of halogens is 2. The van der Waals surface area contributed by atoms with E-state index in [0.29, 0.717) is 35.9 Å². The molecule has 1 amide bonds. The lowest BCUT2D eigenvalue weighted by atomic mass is 9.98. The smallest absolute Gasteiger partial charge is 0.481 e. The van der Waals surface area contributed by atoms with Gasteiger partial charge in [0.1, 0.15) is 17.1 Å². The predicted molar refractivity (Wildman–Crippen MR) is 146 cm³/mol. The van der Waals surface area contributed by atoms with E-state index in [1.165, 1.54) is 29.2 Å². The van der Waals surface area contributed by atoms with Gasteiger partial charge in [-0.2, -0.15) is 0 Å². The molecular weight excluding hydrogens is 561 g/mol. The van der Waals surface area contributed by atoms with Gasteiger partial charge in [-0.25, -0.2) is 14.0 Å². The van der Waals surface area contributed by atoms with Gasteiger partial charge in [0.2, 0.25) is 6.79 Å². The number of nitrogens with zero attached hydrogens (tertiary/aromatic N) is 1. The van der Waals surface area contributed by atoms with Crippen LogP contribution in [0.2, 0.25) is 5.02 Å². The SMILES string of the molecule is CC(C)OC(=O)OCOC(=O)[C@H]1CCCN(C(=O)C(C)Oc2ccc3c(-c4ccc(F)cc4Cl)cc(=O)oc3c2)C1. The topological polar surface area (TPSA) is 122 Å². The first-order valence-corrected chi connectivity index (χ1v) is 13.4. The largest absolute Gasteiger partial charge is 0.511 e. The maximum Gasteiger partial charge on any atom is 0.511 e. The first kappa shape index (κ1) is 29.9. The van der Waals surface area contributed by atoms with Crippen LogP contribution in [0, 0.1) is 11.7 Å². The van der Waals surface area contributed by atoms with E-state index in [1.54, 1.807) is 32.9 Å². The summed E-state index contributed by atoms with van der Waals surface area (Å²) < 4.78 is 39.3. The minimum Gasteiger partial charge on any atom is -0.481 e. The molecule has 1 aromatic heterocycles. The summed E-state index contributed by atoms with van der Waals surface area (Å²) in [5.74, 6) is -1.74. The zero-order valence-corrected chi connectivity index (χ0v) is 23.4. The molecule has 1 unspecified atom stereocenters. The highest BCUT2D eigenvalue weighted by Gasteiger charge is 2.32. The molecule has 2 aromatic carbocycles. The summed E-state index contributed by atoms with van der Waals surface area (Å²) in [5.41, 5.74) is 0.488. The number of carbonyl (C=O) groups is 3. The molecule has 1 aliphatic heterocycles. The van der Waals surface area contributed by atoms with E-state index in [0.717, 1.165) is 6.07 Å². The van der Waals surface area contributed by atoms with Crippen LogP contribution in [0.25, 0.3) is 22.1 Å². The molecule has 0 radical (unpaired) electrons. The second-order valence-electron chi connectivity index (χ2n) is 9.79. The first-order valence-electron chi connectivity index (χ1n) is 13.0. The molecule has 1 aliphatic rings. The minimum absolute atomic E-state index is 0.121. The van der Waals surface area contributed by atoms with Crippen molar-refractivity contribution in [2.24, 2.45) is 5.92 Å². The number of esters is 1. The predicted octanol–water partition coefficient (Wildman–Crippen LogP) is 5.32. The molecule has 1 fully saturated rings. The van der Waals surface area contributed by atoms with Gasteiger partial charge in [0, 0.05) is 41.7 Å². The van der Waals surface area contributed by atoms with Crippen LogP contribution in [0.15, 0.2) is 51.7 Å². The first-order chi connectivity index (χ1) is 19.5. The van der Waals surface area contributed by atoms with E-state index in [-0.39, 0.29) is 34.9 Å². The van der Waals surface area contributed by atoms with Crippen LogP contribution in [0.3, 0.4) is 0 Å². The Bertz CT molecular complexity index is 1510. The Balaban J connectivity index is 1.40. The Morgan fingerprint density at radius 2 is 1.85 bits per heavy atom. The lowest BCUT2D eigenvalue weighted by Gasteiger charge is -2.33. The number of ether oxygens (including phenoxy) is 4. The van der Waals surface area contributed by atoms with Crippen molar-refractivity contribution < 1.29 is 42.1 Å². The third-order valence-electron chi connectivity index (χ3n) is 6.37. The van der Waals surface area contributed by atoms with E-state index < -0.39 is 42.4 Å². The van der Waals surface area contributed by atoms with Crippen molar-refractivity contribution in [2.45, 2.75) is 45.8 Å². The second kappa shape index (κ2) is 13.0. The average molecular weight is 590 g/mol. The molecule has 2 heterocycles. The standard InChI is InChI=1S/C29H29ClFNO9/c1-16(2)39-29(36)38-15-37-28(35)18-5-4-10-32(14-18)27(34)17(3)40-20-7-9-22-23(13-26(33)41-25(22)12-20)21-8-6-19(31)11-24(21)30/h6-9,11-13,16-18H,4-5,10,14-15H2,1-3H3/t17?,18-/m0/s1. The molecule has 0 saturated carbocycles. The summed E-state index contributed by atoms with van der Waals surface area (Å²) in [7, 11) is 0. The van der Waals surface area contributed by atoms with Crippen molar-refractivity contribution >= 4 is 40.6 Å². The second-order valence-corrected chi connectivity index (χ2v) is 10.2. The maximum absolute atomic E-state index is 13.5. The fourth-order valence-electron chi connectivity index (χ4n) is 4.51. The van der Waals surface area contributed by atoms with Gasteiger partial charge in [-0.05, 0) is 63.9 Å². The monoisotopic (exact) mass is 589 g/mol. The van der Waals surface area contributed by atoms with E-state index in [1.807, 2.05) is 0 Å². The molecule has 41 heavy (non-hydrogen) atoms. The number of hydrogen-bond acceptors (Lipinski definition) is 9. The van der Waals surface area contributed by atoms with Gasteiger partial charge in [0.25, 0.3) is 5.91 Å². The van der Waals surface area contributed by atoms with Crippen LogP contribution < -0.4 is 10.4 Å². The molecule has 3 aromatic rings. The van der Waals surface area contributed by atoms with Crippen molar-refractivity contribution in [3.8, 4) is 16.9 Å². The Labute approximate surface area is 239 Å². The number of benzene rings is 2. The van der Waals surface area contributed by atoms with Gasteiger partial charge in [0.05, 0.1) is 17.0 Å². The van der Waals surface area contributed by atoms with Crippen LogP contribution in [0.5, 0.6) is 5.75 Å². The van der Waals surface area contributed by atoms with Crippen LogP contribution in [0.1, 0.15) is 33.6 Å². The number of hydrogen-bond donors (Lipinski definition) is 0. The molecule has 4 rings (SSSR count). The van der Waals surface area contributed by atoms with Gasteiger partial charge in [-0.15, -0.1) is 0 Å². The van der Waals surface area contributed by atoms with Gasteiger partial charge in [0.15, 0.2) is 6.10 Å². The summed E-state index contributed by atoms with van der Waals surface area (Å²) in [5, 5.41) is 0.685.